The lowest BCUT2D eigenvalue weighted by Crippen LogP contribution is -2.31. The molecule has 2 aromatic carbocycles. The standard InChI is InChI=1S/C23H23NO4S/c1-3-27-19-12-10-18(11-13-19)21(28-23(26)20-5-4-14-29-20)22(25)24-15-17-8-6-16(2)7-9-17/h4-14,21H,3,15H2,1-2H3,(H,24,25)/t21-/m0/s1. The van der Waals surface area contributed by atoms with E-state index >= 15 is 0 Å². The Morgan fingerprint density at radius 3 is 2.38 bits per heavy atom. The van der Waals surface area contributed by atoms with Gasteiger partial charge >= 0.3 is 5.97 Å². The highest BCUT2D eigenvalue weighted by Crippen LogP contribution is 2.24. The maximum atomic E-state index is 12.9. The molecular weight excluding hydrogens is 386 g/mol. The Bertz CT molecular complexity index is 934. The lowest BCUT2D eigenvalue weighted by Gasteiger charge is -2.18. The first kappa shape index (κ1) is 20.6. The Morgan fingerprint density at radius 1 is 1.03 bits per heavy atom. The predicted molar refractivity (Wildman–Crippen MR) is 113 cm³/mol. The molecule has 0 aliphatic rings. The van der Waals surface area contributed by atoms with E-state index in [2.05, 4.69) is 5.32 Å². The molecule has 1 atom stereocenters. The fraction of sp³-hybridized carbons (Fsp3) is 0.217. The zero-order valence-corrected chi connectivity index (χ0v) is 17.2. The van der Waals surface area contributed by atoms with Crippen molar-refractivity contribution in [2.75, 3.05) is 6.61 Å². The number of nitrogens with one attached hydrogen (secondary N) is 1. The topological polar surface area (TPSA) is 64.6 Å². The summed E-state index contributed by atoms with van der Waals surface area (Å²) < 4.78 is 11.0. The van der Waals surface area contributed by atoms with Crippen LogP contribution in [0.15, 0.2) is 66.0 Å². The molecule has 5 nitrogen and oxygen atoms in total. The molecule has 0 unspecified atom stereocenters. The Labute approximate surface area is 174 Å². The van der Waals surface area contributed by atoms with Gasteiger partial charge in [0.05, 0.1) is 6.61 Å². The van der Waals surface area contributed by atoms with Crippen LogP contribution in [0.25, 0.3) is 0 Å². The van der Waals surface area contributed by atoms with Crippen molar-refractivity contribution in [2.45, 2.75) is 26.5 Å². The molecular formula is C23H23NO4S. The van der Waals surface area contributed by atoms with E-state index in [0.29, 0.717) is 29.3 Å². The van der Waals surface area contributed by atoms with Gasteiger partial charge in [-0.1, -0.05) is 48.0 Å². The molecule has 0 saturated carbocycles. The summed E-state index contributed by atoms with van der Waals surface area (Å²) in [5.74, 6) is -0.205. The highest BCUT2D eigenvalue weighted by Gasteiger charge is 2.26. The van der Waals surface area contributed by atoms with Crippen molar-refractivity contribution in [2.24, 2.45) is 0 Å². The molecule has 6 heteroatoms. The van der Waals surface area contributed by atoms with Gasteiger partial charge in [0.25, 0.3) is 5.91 Å². The molecule has 3 aromatic rings. The summed E-state index contributed by atoms with van der Waals surface area (Å²) in [6.45, 7) is 4.81. The van der Waals surface area contributed by atoms with Gasteiger partial charge in [0.1, 0.15) is 10.6 Å². The Balaban J connectivity index is 1.76. The van der Waals surface area contributed by atoms with Crippen molar-refractivity contribution in [1.29, 1.82) is 0 Å². The number of hydrogen-bond acceptors (Lipinski definition) is 5. The summed E-state index contributed by atoms with van der Waals surface area (Å²) in [5.41, 5.74) is 2.70. The van der Waals surface area contributed by atoms with Crippen LogP contribution in [0.2, 0.25) is 0 Å². The third-order valence-corrected chi connectivity index (χ3v) is 5.12. The molecule has 150 valence electrons. The van der Waals surface area contributed by atoms with E-state index in [1.54, 1.807) is 41.8 Å². The molecule has 1 amide bonds. The Hall–Kier alpha value is -3.12. The Morgan fingerprint density at radius 2 is 1.76 bits per heavy atom. The fourth-order valence-electron chi connectivity index (χ4n) is 2.73. The van der Waals surface area contributed by atoms with E-state index in [-0.39, 0.29) is 5.91 Å². The number of carbonyl (C=O) groups is 2. The van der Waals surface area contributed by atoms with Crippen LogP contribution in [0, 0.1) is 6.92 Å². The van der Waals surface area contributed by atoms with Crippen LogP contribution in [0.3, 0.4) is 0 Å². The number of amides is 1. The number of thiophene rings is 1. The average molecular weight is 410 g/mol. The second-order valence-electron chi connectivity index (χ2n) is 6.47. The van der Waals surface area contributed by atoms with Crippen LogP contribution in [-0.4, -0.2) is 18.5 Å². The van der Waals surface area contributed by atoms with Crippen molar-refractivity contribution >= 4 is 23.2 Å². The van der Waals surface area contributed by atoms with Gasteiger partial charge in [0.2, 0.25) is 6.10 Å². The first-order chi connectivity index (χ1) is 14.1. The van der Waals surface area contributed by atoms with E-state index in [1.165, 1.54) is 11.3 Å². The van der Waals surface area contributed by atoms with E-state index in [1.807, 2.05) is 38.1 Å². The van der Waals surface area contributed by atoms with Crippen molar-refractivity contribution in [3.05, 3.63) is 87.6 Å². The quantitative estimate of drug-likeness (QED) is 0.549. The van der Waals surface area contributed by atoms with Crippen molar-refractivity contribution in [3.8, 4) is 5.75 Å². The zero-order chi connectivity index (χ0) is 20.6. The lowest BCUT2D eigenvalue weighted by atomic mass is 10.1. The maximum Gasteiger partial charge on any atom is 0.349 e. The van der Waals surface area contributed by atoms with E-state index in [9.17, 15) is 9.59 Å². The van der Waals surface area contributed by atoms with Crippen LogP contribution in [0.4, 0.5) is 0 Å². The molecule has 1 aromatic heterocycles. The van der Waals surface area contributed by atoms with Crippen LogP contribution in [0.5, 0.6) is 5.75 Å². The monoisotopic (exact) mass is 409 g/mol. The van der Waals surface area contributed by atoms with Gasteiger partial charge in [0, 0.05) is 12.1 Å². The normalized spacial score (nSPS) is 11.5. The summed E-state index contributed by atoms with van der Waals surface area (Å²) in [4.78, 5) is 25.8. The molecule has 0 bridgehead atoms. The number of rotatable bonds is 8. The average Bonchev–Trinajstić information content (AvgIpc) is 3.27. The van der Waals surface area contributed by atoms with Gasteiger partial charge in [-0.05, 0) is 43.0 Å². The van der Waals surface area contributed by atoms with Crippen molar-refractivity contribution in [1.82, 2.24) is 5.32 Å². The number of carbonyl (C=O) groups excluding carboxylic acids is 2. The van der Waals surface area contributed by atoms with E-state index in [4.69, 9.17) is 9.47 Å². The zero-order valence-electron chi connectivity index (χ0n) is 16.4. The number of esters is 1. The summed E-state index contributed by atoms with van der Waals surface area (Å²) in [5, 5.41) is 4.66. The molecule has 1 N–H and O–H groups in total. The van der Waals surface area contributed by atoms with E-state index in [0.717, 1.165) is 11.1 Å². The van der Waals surface area contributed by atoms with Crippen LogP contribution >= 0.6 is 11.3 Å². The summed E-state index contributed by atoms with van der Waals surface area (Å²) in [7, 11) is 0. The number of ether oxygens (including phenoxy) is 2. The van der Waals surface area contributed by atoms with Crippen LogP contribution < -0.4 is 10.1 Å². The first-order valence-electron chi connectivity index (χ1n) is 9.37. The molecule has 0 aliphatic heterocycles. The largest absolute Gasteiger partial charge is 0.494 e. The molecule has 0 saturated heterocycles. The summed E-state index contributed by atoms with van der Waals surface area (Å²) in [6, 6.07) is 18.3. The van der Waals surface area contributed by atoms with E-state index < -0.39 is 12.1 Å². The minimum atomic E-state index is -1.05. The SMILES string of the molecule is CCOc1ccc([C@H](OC(=O)c2cccs2)C(=O)NCc2ccc(C)cc2)cc1. The Kier molecular flexibility index (Phi) is 7.03. The minimum Gasteiger partial charge on any atom is -0.494 e. The molecule has 0 radical (unpaired) electrons. The van der Waals surface area contributed by atoms with Gasteiger partial charge < -0.3 is 14.8 Å². The highest BCUT2D eigenvalue weighted by atomic mass is 32.1. The molecule has 0 spiro atoms. The third kappa shape index (κ3) is 5.68. The molecule has 29 heavy (non-hydrogen) atoms. The smallest absolute Gasteiger partial charge is 0.349 e. The van der Waals surface area contributed by atoms with Crippen LogP contribution in [-0.2, 0) is 16.1 Å². The predicted octanol–water partition coefficient (Wildman–Crippen LogP) is 4.67. The van der Waals surface area contributed by atoms with Gasteiger partial charge in [-0.3, -0.25) is 4.79 Å². The summed E-state index contributed by atoms with van der Waals surface area (Å²) >= 11 is 1.27. The number of benzene rings is 2. The van der Waals surface area contributed by atoms with Gasteiger partial charge in [-0.25, -0.2) is 4.79 Å². The van der Waals surface area contributed by atoms with Gasteiger partial charge in [-0.15, -0.1) is 11.3 Å². The third-order valence-electron chi connectivity index (χ3n) is 4.27. The molecule has 0 fully saturated rings. The van der Waals surface area contributed by atoms with Gasteiger partial charge in [0.15, 0.2) is 0 Å². The summed E-state index contributed by atoms with van der Waals surface area (Å²) in [6.07, 6.45) is -1.05. The number of aryl methyl sites for hydroxylation is 1. The molecule has 1 heterocycles. The van der Waals surface area contributed by atoms with Crippen LogP contribution in [0.1, 0.15) is 39.4 Å². The maximum absolute atomic E-state index is 12.9. The van der Waals surface area contributed by atoms with Crippen molar-refractivity contribution < 1.29 is 19.1 Å². The fourth-order valence-corrected chi connectivity index (χ4v) is 3.33. The van der Waals surface area contributed by atoms with Gasteiger partial charge in [-0.2, -0.15) is 0 Å². The minimum absolute atomic E-state index is 0.350. The number of hydrogen-bond donors (Lipinski definition) is 1. The van der Waals surface area contributed by atoms with Crippen molar-refractivity contribution in [3.63, 3.8) is 0 Å². The molecule has 3 rings (SSSR count). The first-order valence-corrected chi connectivity index (χ1v) is 10.2. The molecule has 0 aliphatic carbocycles. The lowest BCUT2D eigenvalue weighted by molar-refractivity contribution is -0.130. The second-order valence-corrected chi connectivity index (χ2v) is 7.42. The second kappa shape index (κ2) is 9.89. The highest BCUT2D eigenvalue weighted by molar-refractivity contribution is 7.11.